The first-order valence-corrected chi connectivity index (χ1v) is 22.9. The fourth-order valence-electron chi connectivity index (χ4n) is 10.2. The summed E-state index contributed by atoms with van der Waals surface area (Å²) in [5, 5.41) is 9.91. The fraction of sp³-hybridized carbons (Fsp3) is 0. The number of benzene rings is 11. The Morgan fingerprint density at radius 3 is 1.63 bits per heavy atom. The molecule has 0 unspecified atom stereocenters. The topological polar surface area (TPSA) is 30.7 Å². The number of hydrogen-bond donors (Lipinski definition) is 0. The predicted octanol–water partition coefficient (Wildman–Crippen LogP) is 17.0. The molecule has 0 aliphatic heterocycles. The van der Waals surface area contributed by atoms with E-state index < -0.39 is 0 Å². The van der Waals surface area contributed by atoms with Gasteiger partial charge in [0.1, 0.15) is 0 Å². The smallest absolute Gasteiger partial charge is 0.160 e. The summed E-state index contributed by atoms with van der Waals surface area (Å²) in [6.07, 6.45) is 0. The summed E-state index contributed by atoms with van der Waals surface area (Å²) in [4.78, 5) is 10.7. The molecule has 0 fully saturated rings. The van der Waals surface area contributed by atoms with E-state index in [4.69, 9.17) is 9.97 Å². The van der Waals surface area contributed by atoms with E-state index >= 15 is 0 Å². The summed E-state index contributed by atoms with van der Waals surface area (Å²) in [5.41, 5.74) is 15.2. The van der Waals surface area contributed by atoms with Crippen molar-refractivity contribution in [1.82, 2.24) is 14.5 Å². The van der Waals surface area contributed by atoms with Crippen LogP contribution in [0, 0.1) is 0 Å². The van der Waals surface area contributed by atoms with E-state index in [0.29, 0.717) is 5.82 Å². The number of rotatable bonds is 7. The molecular formula is C64H41N3. The molecular weight excluding hydrogens is 811 g/mol. The number of aromatic nitrogens is 3. The predicted molar refractivity (Wildman–Crippen MR) is 282 cm³/mol. The maximum absolute atomic E-state index is 5.40. The van der Waals surface area contributed by atoms with Gasteiger partial charge in [0.15, 0.2) is 5.82 Å². The zero-order chi connectivity index (χ0) is 44.3. The molecule has 0 spiro atoms. The number of nitrogens with zero attached hydrogens (tertiary/aromatic N) is 3. The third-order valence-electron chi connectivity index (χ3n) is 13.4. The summed E-state index contributed by atoms with van der Waals surface area (Å²) in [6, 6.07) is 89.4. The molecule has 13 aromatic rings. The lowest BCUT2D eigenvalue weighted by Crippen LogP contribution is -1.97. The zero-order valence-corrected chi connectivity index (χ0v) is 36.5. The van der Waals surface area contributed by atoms with Crippen LogP contribution in [0.5, 0.6) is 0 Å². The van der Waals surface area contributed by atoms with Gasteiger partial charge in [-0.3, -0.25) is 0 Å². The minimum atomic E-state index is 0.676. The Morgan fingerprint density at radius 2 is 0.851 bits per heavy atom. The van der Waals surface area contributed by atoms with Crippen molar-refractivity contribution in [2.75, 3.05) is 0 Å². The summed E-state index contributed by atoms with van der Waals surface area (Å²) < 4.78 is 2.40. The quantitative estimate of drug-likeness (QED) is 0.118. The monoisotopic (exact) mass is 851 g/mol. The van der Waals surface area contributed by atoms with Crippen LogP contribution in [0.15, 0.2) is 249 Å². The van der Waals surface area contributed by atoms with E-state index in [9.17, 15) is 0 Å². The zero-order valence-electron chi connectivity index (χ0n) is 36.5. The molecule has 2 aromatic heterocycles. The number of para-hydroxylation sites is 3. The van der Waals surface area contributed by atoms with Crippen molar-refractivity contribution < 1.29 is 0 Å². The third-order valence-corrected chi connectivity index (χ3v) is 13.4. The molecule has 3 nitrogen and oxygen atoms in total. The van der Waals surface area contributed by atoms with E-state index in [1.165, 1.54) is 59.7 Å². The third kappa shape index (κ3) is 6.67. The molecule has 67 heavy (non-hydrogen) atoms. The van der Waals surface area contributed by atoms with Crippen molar-refractivity contribution in [3.63, 3.8) is 0 Å². The minimum Gasteiger partial charge on any atom is -0.309 e. The molecule has 0 saturated carbocycles. The van der Waals surface area contributed by atoms with Crippen LogP contribution < -0.4 is 0 Å². The second-order valence-electron chi connectivity index (χ2n) is 17.3. The van der Waals surface area contributed by atoms with E-state index in [1.54, 1.807) is 0 Å². The lowest BCUT2D eigenvalue weighted by atomic mass is 9.89. The summed E-state index contributed by atoms with van der Waals surface area (Å²) in [6.45, 7) is 0. The highest BCUT2D eigenvalue weighted by Gasteiger charge is 2.19. The molecule has 0 N–H and O–H groups in total. The molecule has 0 amide bonds. The first kappa shape index (κ1) is 38.5. The van der Waals surface area contributed by atoms with E-state index in [2.05, 4.69) is 253 Å². The molecule has 0 radical (unpaired) electrons. The first-order chi connectivity index (χ1) is 33.2. The molecule has 0 saturated heterocycles. The Labute approximate surface area is 388 Å². The maximum Gasteiger partial charge on any atom is 0.160 e. The van der Waals surface area contributed by atoms with E-state index in [0.717, 1.165) is 61.6 Å². The van der Waals surface area contributed by atoms with Gasteiger partial charge in [0.05, 0.1) is 22.4 Å². The van der Waals surface area contributed by atoms with Gasteiger partial charge < -0.3 is 4.57 Å². The summed E-state index contributed by atoms with van der Waals surface area (Å²) in [5.74, 6) is 0.676. The lowest BCUT2D eigenvalue weighted by Gasteiger charge is -2.15. The normalized spacial score (nSPS) is 11.6. The molecule has 0 atom stereocenters. The Morgan fingerprint density at radius 1 is 0.284 bits per heavy atom. The van der Waals surface area contributed by atoms with Crippen molar-refractivity contribution in [2.45, 2.75) is 0 Å². The Balaban J connectivity index is 0.974. The van der Waals surface area contributed by atoms with E-state index in [-0.39, 0.29) is 0 Å². The van der Waals surface area contributed by atoms with Gasteiger partial charge in [-0.05, 0) is 103 Å². The highest BCUT2D eigenvalue weighted by molar-refractivity contribution is 6.20. The molecule has 3 heteroatoms. The molecule has 0 bridgehead atoms. The van der Waals surface area contributed by atoms with Gasteiger partial charge in [0.2, 0.25) is 0 Å². The van der Waals surface area contributed by atoms with Crippen molar-refractivity contribution in [3.8, 4) is 73.0 Å². The molecule has 11 aromatic carbocycles. The highest BCUT2D eigenvalue weighted by Crippen LogP contribution is 2.42. The van der Waals surface area contributed by atoms with Crippen LogP contribution in [0.1, 0.15) is 0 Å². The standard InChI is InChI=1S/C64H41N3/c1-3-16-42(17-4-1)46-20-13-22-49(38-46)59-41-60(50-23-14-21-47(39-50)54-29-15-30-57-55-28-11-12-31-61(55)67(63(54)57)51-24-5-2-6-25-51)66-64(65-59)45-34-32-44(33-35-45)62-53-27-10-8-19-48(53)40-58-52-26-9-7-18-43(52)36-37-56(58)62/h1-41H. The van der Waals surface area contributed by atoms with Crippen LogP contribution in [0.3, 0.4) is 0 Å². The second-order valence-corrected chi connectivity index (χ2v) is 17.3. The van der Waals surface area contributed by atoms with E-state index in [1.807, 2.05) is 0 Å². The van der Waals surface area contributed by atoms with Gasteiger partial charge in [0, 0.05) is 38.7 Å². The first-order valence-electron chi connectivity index (χ1n) is 22.9. The van der Waals surface area contributed by atoms with Gasteiger partial charge in [-0.15, -0.1) is 0 Å². The number of hydrogen-bond acceptors (Lipinski definition) is 2. The maximum atomic E-state index is 5.40. The van der Waals surface area contributed by atoms with Gasteiger partial charge in [-0.1, -0.05) is 206 Å². The summed E-state index contributed by atoms with van der Waals surface area (Å²) >= 11 is 0. The average molecular weight is 852 g/mol. The minimum absolute atomic E-state index is 0.676. The van der Waals surface area contributed by atoms with Gasteiger partial charge in [-0.2, -0.15) is 0 Å². The highest BCUT2D eigenvalue weighted by atomic mass is 15.0. The number of fused-ring (bicyclic) bond motifs is 7. The van der Waals surface area contributed by atoms with Crippen LogP contribution in [-0.4, -0.2) is 14.5 Å². The Bertz CT molecular complexity index is 4020. The molecule has 13 rings (SSSR count). The van der Waals surface area contributed by atoms with Crippen LogP contribution in [-0.2, 0) is 0 Å². The van der Waals surface area contributed by atoms with Crippen molar-refractivity contribution in [1.29, 1.82) is 0 Å². The van der Waals surface area contributed by atoms with Crippen LogP contribution in [0.25, 0.3) is 127 Å². The largest absolute Gasteiger partial charge is 0.309 e. The molecule has 312 valence electrons. The fourth-order valence-corrected chi connectivity index (χ4v) is 10.2. The van der Waals surface area contributed by atoms with Crippen LogP contribution >= 0.6 is 0 Å². The van der Waals surface area contributed by atoms with Crippen LogP contribution in [0.4, 0.5) is 0 Å². The second kappa shape index (κ2) is 16.0. The van der Waals surface area contributed by atoms with Crippen molar-refractivity contribution in [3.05, 3.63) is 249 Å². The molecule has 0 aliphatic carbocycles. The molecule has 2 heterocycles. The summed E-state index contributed by atoms with van der Waals surface area (Å²) in [7, 11) is 0. The van der Waals surface area contributed by atoms with Crippen LogP contribution in [0.2, 0.25) is 0 Å². The van der Waals surface area contributed by atoms with Gasteiger partial charge >= 0.3 is 0 Å². The average Bonchev–Trinajstić information content (AvgIpc) is 3.75. The molecule has 0 aliphatic rings. The van der Waals surface area contributed by atoms with Crippen molar-refractivity contribution in [2.24, 2.45) is 0 Å². The Hall–Kier alpha value is -8.92. The lowest BCUT2D eigenvalue weighted by molar-refractivity contribution is 1.18. The van der Waals surface area contributed by atoms with Crippen molar-refractivity contribution >= 4 is 54.1 Å². The van der Waals surface area contributed by atoms with Gasteiger partial charge in [-0.25, -0.2) is 9.97 Å². The SMILES string of the molecule is c1ccc(-c2cccc(-c3cc(-c4cccc(-c5cccc6c7ccccc7n(-c7ccccc7)c56)c4)nc(-c4ccc(-c5c6ccccc6cc6c5ccc5ccccc56)cc4)n3)c2)cc1. The Kier molecular flexibility index (Phi) is 9.17. The van der Waals surface area contributed by atoms with Gasteiger partial charge in [0.25, 0.3) is 0 Å².